The summed E-state index contributed by atoms with van der Waals surface area (Å²) in [6.07, 6.45) is 2.68. The molecule has 0 spiro atoms. The van der Waals surface area contributed by atoms with Crippen LogP contribution in [0.5, 0.6) is 0 Å². The number of ether oxygens (including phenoxy) is 1. The SMILES string of the molecule is C=C(C)C(C)(C)OC(C)(C)C.CC1CCCONC1=O.CCNc1cccc(C(C)=O)c1C(=O)C(C)CC. The molecule has 1 fully saturated rings. The summed E-state index contributed by atoms with van der Waals surface area (Å²) in [6, 6.07) is 5.38. The molecular weight excluding hydrogens is 480 g/mol. The van der Waals surface area contributed by atoms with Crippen LogP contribution in [0.3, 0.4) is 0 Å². The molecule has 0 radical (unpaired) electrons. The van der Waals surface area contributed by atoms with Gasteiger partial charge in [-0.25, -0.2) is 5.48 Å². The number of ketones is 2. The highest BCUT2D eigenvalue weighted by molar-refractivity contribution is 6.12. The van der Waals surface area contributed by atoms with Crippen molar-refractivity contribution < 1.29 is 24.0 Å². The number of hydrogen-bond acceptors (Lipinski definition) is 6. The molecule has 2 rings (SSSR count). The maximum absolute atomic E-state index is 12.4. The summed E-state index contributed by atoms with van der Waals surface area (Å²) < 4.78 is 5.79. The second kappa shape index (κ2) is 16.5. The Bertz CT molecular complexity index is 931. The monoisotopic (exact) mass is 532 g/mol. The van der Waals surface area contributed by atoms with Crippen molar-refractivity contribution in [1.82, 2.24) is 5.48 Å². The topological polar surface area (TPSA) is 93.7 Å². The molecule has 2 unspecified atom stereocenters. The predicted molar refractivity (Wildman–Crippen MR) is 157 cm³/mol. The number of Topliss-reactive ketones (excluding diaryl/α,β-unsaturated/α-hetero) is 2. The Morgan fingerprint density at radius 1 is 1.18 bits per heavy atom. The normalized spacial score (nSPS) is 16.4. The fraction of sp³-hybridized carbons (Fsp3) is 0.645. The summed E-state index contributed by atoms with van der Waals surface area (Å²) in [5, 5.41) is 3.16. The molecule has 7 nitrogen and oxygen atoms in total. The number of carbonyl (C=O) groups excluding carboxylic acids is 3. The Hall–Kier alpha value is -2.51. The van der Waals surface area contributed by atoms with Crippen LogP contribution in [0.25, 0.3) is 0 Å². The Morgan fingerprint density at radius 2 is 1.79 bits per heavy atom. The Kier molecular flexibility index (Phi) is 15.4. The summed E-state index contributed by atoms with van der Waals surface area (Å²) in [5.74, 6) is 0.0311. The van der Waals surface area contributed by atoms with Gasteiger partial charge in [-0.15, -0.1) is 0 Å². The van der Waals surface area contributed by atoms with Crippen LogP contribution in [-0.4, -0.2) is 41.8 Å². The first kappa shape index (κ1) is 35.5. The van der Waals surface area contributed by atoms with E-state index in [4.69, 9.17) is 9.57 Å². The standard InChI is InChI=1S/C15H21NO2.C10H20O.C6H11NO2/c1-5-10(3)15(18)14-12(11(4)17)8-7-9-13(14)16-6-2;1-8(2)10(6,7)11-9(3,4)5;1-5-3-2-4-9-7-6(5)8/h7-10,16H,5-6H2,1-4H3;1H2,2-7H3;5H,2-4H2,1H3,(H,7,8). The number of anilines is 1. The van der Waals surface area contributed by atoms with Gasteiger partial charge in [-0.05, 0) is 86.3 Å². The molecule has 0 saturated carbocycles. The Morgan fingerprint density at radius 3 is 2.24 bits per heavy atom. The van der Waals surface area contributed by atoms with Crippen LogP contribution in [0.15, 0.2) is 30.4 Å². The average Bonchev–Trinajstić information content (AvgIpc) is 3.00. The lowest BCUT2D eigenvalue weighted by Crippen LogP contribution is -2.35. The van der Waals surface area contributed by atoms with Gasteiger partial charge in [0.15, 0.2) is 11.6 Å². The molecule has 1 heterocycles. The first-order valence-electron chi connectivity index (χ1n) is 13.7. The molecule has 1 aromatic carbocycles. The van der Waals surface area contributed by atoms with Crippen LogP contribution in [0.4, 0.5) is 5.69 Å². The van der Waals surface area contributed by atoms with Crippen molar-refractivity contribution in [2.24, 2.45) is 11.8 Å². The highest BCUT2D eigenvalue weighted by Crippen LogP contribution is 2.26. The molecule has 2 atom stereocenters. The number of hydroxylamine groups is 1. The summed E-state index contributed by atoms with van der Waals surface area (Å²) in [4.78, 5) is 39.6. The van der Waals surface area contributed by atoms with Crippen LogP contribution in [0, 0.1) is 11.8 Å². The van der Waals surface area contributed by atoms with E-state index in [0.29, 0.717) is 17.7 Å². The van der Waals surface area contributed by atoms with Gasteiger partial charge in [-0.1, -0.05) is 39.5 Å². The van der Waals surface area contributed by atoms with Gasteiger partial charge in [0, 0.05) is 29.6 Å². The van der Waals surface area contributed by atoms with Crippen molar-refractivity contribution in [3.05, 3.63) is 41.5 Å². The maximum atomic E-state index is 12.4. The Balaban J connectivity index is 0.000000585. The van der Waals surface area contributed by atoms with Crippen LogP contribution in [0.1, 0.15) is 116 Å². The molecule has 38 heavy (non-hydrogen) atoms. The zero-order chi connectivity index (χ0) is 29.7. The smallest absolute Gasteiger partial charge is 0.246 e. The first-order chi connectivity index (χ1) is 17.5. The molecular formula is C31H52N2O5. The van der Waals surface area contributed by atoms with Crippen molar-refractivity contribution in [2.45, 2.75) is 107 Å². The van der Waals surface area contributed by atoms with Crippen molar-refractivity contribution >= 4 is 23.2 Å². The Labute approximate surface area is 231 Å². The molecule has 1 aliphatic heterocycles. The third-order valence-electron chi connectivity index (χ3n) is 6.21. The minimum absolute atomic E-state index is 0.00694. The molecule has 216 valence electrons. The molecule has 1 saturated heterocycles. The van der Waals surface area contributed by atoms with Gasteiger partial charge in [0.05, 0.1) is 23.4 Å². The second-order valence-electron chi connectivity index (χ2n) is 11.4. The van der Waals surface area contributed by atoms with Gasteiger partial charge < -0.3 is 10.1 Å². The van der Waals surface area contributed by atoms with E-state index >= 15 is 0 Å². The van der Waals surface area contributed by atoms with Crippen LogP contribution in [0.2, 0.25) is 0 Å². The van der Waals surface area contributed by atoms with Crippen molar-refractivity contribution in [3.8, 4) is 0 Å². The fourth-order valence-corrected chi connectivity index (χ4v) is 3.55. The van der Waals surface area contributed by atoms with E-state index in [9.17, 15) is 14.4 Å². The van der Waals surface area contributed by atoms with E-state index in [2.05, 4.69) is 38.1 Å². The van der Waals surface area contributed by atoms with Gasteiger partial charge in [0.2, 0.25) is 5.91 Å². The van der Waals surface area contributed by atoms with Crippen LogP contribution >= 0.6 is 0 Å². The zero-order valence-corrected chi connectivity index (χ0v) is 25.7. The van der Waals surface area contributed by atoms with E-state index in [1.54, 1.807) is 6.07 Å². The van der Waals surface area contributed by atoms with Crippen molar-refractivity contribution in [3.63, 3.8) is 0 Å². The zero-order valence-electron chi connectivity index (χ0n) is 25.7. The maximum Gasteiger partial charge on any atom is 0.246 e. The van der Waals surface area contributed by atoms with Gasteiger partial charge in [-0.2, -0.15) is 0 Å². The highest BCUT2D eigenvalue weighted by Gasteiger charge is 2.26. The number of rotatable bonds is 8. The van der Waals surface area contributed by atoms with E-state index in [0.717, 1.165) is 37.1 Å². The van der Waals surface area contributed by atoms with E-state index in [1.165, 1.54) is 6.92 Å². The molecule has 1 amide bonds. The molecule has 7 heteroatoms. The number of carbonyl (C=O) groups is 3. The number of benzene rings is 1. The van der Waals surface area contributed by atoms with E-state index in [1.807, 2.05) is 60.6 Å². The van der Waals surface area contributed by atoms with Gasteiger partial charge in [0.1, 0.15) is 0 Å². The molecule has 2 N–H and O–H groups in total. The summed E-state index contributed by atoms with van der Waals surface area (Å²) in [6.45, 7) is 26.7. The molecule has 0 aliphatic carbocycles. The first-order valence-corrected chi connectivity index (χ1v) is 13.7. The second-order valence-corrected chi connectivity index (χ2v) is 11.4. The number of amides is 1. The van der Waals surface area contributed by atoms with Gasteiger partial charge in [0.25, 0.3) is 0 Å². The minimum Gasteiger partial charge on any atom is -0.385 e. The lowest BCUT2D eigenvalue weighted by Gasteiger charge is -2.34. The number of hydrogen-bond donors (Lipinski definition) is 2. The highest BCUT2D eigenvalue weighted by atomic mass is 16.7. The lowest BCUT2D eigenvalue weighted by molar-refractivity contribution is -0.134. The number of nitrogens with one attached hydrogen (secondary N) is 2. The minimum atomic E-state index is -0.210. The molecule has 1 aliphatic rings. The van der Waals surface area contributed by atoms with E-state index in [-0.39, 0.29) is 40.5 Å². The summed E-state index contributed by atoms with van der Waals surface area (Å²) in [5.41, 5.74) is 4.93. The molecule has 0 bridgehead atoms. The summed E-state index contributed by atoms with van der Waals surface area (Å²) in [7, 11) is 0. The quantitative estimate of drug-likeness (QED) is 0.272. The van der Waals surface area contributed by atoms with Gasteiger partial charge >= 0.3 is 0 Å². The third kappa shape index (κ3) is 12.8. The lowest BCUT2D eigenvalue weighted by atomic mass is 9.91. The van der Waals surface area contributed by atoms with Crippen LogP contribution < -0.4 is 10.8 Å². The summed E-state index contributed by atoms with van der Waals surface area (Å²) >= 11 is 0. The molecule has 0 aromatic heterocycles. The van der Waals surface area contributed by atoms with Gasteiger partial charge in [-0.3, -0.25) is 19.2 Å². The molecule has 1 aromatic rings. The predicted octanol–water partition coefficient (Wildman–Crippen LogP) is 7.17. The third-order valence-corrected chi connectivity index (χ3v) is 6.21. The van der Waals surface area contributed by atoms with Crippen molar-refractivity contribution in [2.75, 3.05) is 18.5 Å². The average molecular weight is 533 g/mol. The van der Waals surface area contributed by atoms with Crippen LogP contribution in [-0.2, 0) is 14.4 Å². The fourth-order valence-electron chi connectivity index (χ4n) is 3.55. The largest absolute Gasteiger partial charge is 0.385 e. The van der Waals surface area contributed by atoms with E-state index < -0.39 is 0 Å². The van der Waals surface area contributed by atoms with Crippen molar-refractivity contribution in [1.29, 1.82) is 0 Å².